The van der Waals surface area contributed by atoms with E-state index >= 15 is 0 Å². The van der Waals surface area contributed by atoms with E-state index in [-0.39, 0.29) is 0 Å². The number of rotatable bonds is 6. The molecule has 0 aromatic heterocycles. The molecular formula is C11H21FO. The molecule has 78 valence electrons. The fraction of sp³-hybridized carbons (Fsp3) is 1.00. The van der Waals surface area contributed by atoms with Crippen LogP contribution in [0.25, 0.3) is 0 Å². The summed E-state index contributed by atoms with van der Waals surface area (Å²) in [5.41, 5.74) is -0.978. The van der Waals surface area contributed by atoms with Gasteiger partial charge in [-0.2, -0.15) is 0 Å². The normalized spacial score (nSPS) is 22.4. The summed E-state index contributed by atoms with van der Waals surface area (Å²) in [6, 6.07) is 0. The minimum Gasteiger partial charge on any atom is -0.375 e. The average Bonchev–Trinajstić information content (AvgIpc) is 2.09. The van der Waals surface area contributed by atoms with Crippen molar-refractivity contribution in [2.45, 2.75) is 51.6 Å². The summed E-state index contributed by atoms with van der Waals surface area (Å²) in [5, 5.41) is 0. The third-order valence-electron chi connectivity index (χ3n) is 2.92. The van der Waals surface area contributed by atoms with Gasteiger partial charge in [-0.25, -0.2) is 4.39 Å². The van der Waals surface area contributed by atoms with Crippen LogP contribution < -0.4 is 0 Å². The van der Waals surface area contributed by atoms with Gasteiger partial charge >= 0.3 is 0 Å². The van der Waals surface area contributed by atoms with Gasteiger partial charge in [0.15, 0.2) is 5.67 Å². The molecule has 1 fully saturated rings. The Morgan fingerprint density at radius 1 is 1.38 bits per heavy atom. The molecule has 2 heteroatoms. The summed E-state index contributed by atoms with van der Waals surface area (Å²) < 4.78 is 18.6. The van der Waals surface area contributed by atoms with Crippen LogP contribution in [0.15, 0.2) is 0 Å². The molecule has 1 nitrogen and oxygen atoms in total. The number of halogens is 1. The van der Waals surface area contributed by atoms with Crippen molar-refractivity contribution < 1.29 is 9.13 Å². The molecule has 0 spiro atoms. The largest absolute Gasteiger partial charge is 0.375 e. The van der Waals surface area contributed by atoms with Gasteiger partial charge < -0.3 is 4.74 Å². The Hall–Kier alpha value is -0.110. The molecule has 0 aromatic rings. The van der Waals surface area contributed by atoms with E-state index in [9.17, 15) is 4.39 Å². The number of alkyl halides is 1. The first kappa shape index (κ1) is 11.0. The molecule has 0 amide bonds. The minimum absolute atomic E-state index is 0.329. The highest BCUT2D eigenvalue weighted by Crippen LogP contribution is 2.32. The van der Waals surface area contributed by atoms with Crippen molar-refractivity contribution in [2.24, 2.45) is 5.92 Å². The number of ether oxygens (including phenoxy) is 1. The third kappa shape index (κ3) is 3.26. The Bertz CT molecular complexity index is 143. The first-order valence-corrected chi connectivity index (χ1v) is 5.47. The van der Waals surface area contributed by atoms with Crippen molar-refractivity contribution in [1.82, 2.24) is 0 Å². The van der Waals surface area contributed by atoms with Crippen LogP contribution in [0, 0.1) is 5.92 Å². The van der Waals surface area contributed by atoms with Gasteiger partial charge in [0.25, 0.3) is 0 Å². The van der Waals surface area contributed by atoms with E-state index in [4.69, 9.17) is 4.74 Å². The molecule has 1 atom stereocenters. The van der Waals surface area contributed by atoms with Gasteiger partial charge in [-0.15, -0.1) is 0 Å². The molecule has 0 aliphatic carbocycles. The molecule has 1 aliphatic rings. The summed E-state index contributed by atoms with van der Waals surface area (Å²) in [5.74, 6) is 0.564. The predicted molar refractivity (Wildman–Crippen MR) is 52.6 cm³/mol. The lowest BCUT2D eigenvalue weighted by molar-refractivity contribution is -0.140. The van der Waals surface area contributed by atoms with Crippen molar-refractivity contribution in [2.75, 3.05) is 13.2 Å². The molecule has 13 heavy (non-hydrogen) atoms. The standard InChI is InChI=1S/C11H21FO/c1-3-5-6-10(4-2)7-11(12)8-13-9-11/h10H,3-9H2,1-2H3. The zero-order chi connectivity index (χ0) is 9.73. The van der Waals surface area contributed by atoms with Gasteiger partial charge in [-0.1, -0.05) is 39.5 Å². The van der Waals surface area contributed by atoms with Crippen LogP contribution in [0.2, 0.25) is 0 Å². The zero-order valence-corrected chi connectivity index (χ0v) is 8.81. The van der Waals surface area contributed by atoms with Gasteiger partial charge in [0.1, 0.15) is 0 Å². The van der Waals surface area contributed by atoms with Crippen LogP contribution in [-0.2, 0) is 4.74 Å². The van der Waals surface area contributed by atoms with E-state index in [1.54, 1.807) is 0 Å². The Kier molecular flexibility index (Phi) is 4.17. The molecule has 0 N–H and O–H groups in total. The summed E-state index contributed by atoms with van der Waals surface area (Å²) in [6.45, 7) is 5.00. The van der Waals surface area contributed by atoms with Crippen LogP contribution in [0.1, 0.15) is 46.0 Å². The van der Waals surface area contributed by atoms with Gasteiger partial charge in [-0.3, -0.25) is 0 Å². The van der Waals surface area contributed by atoms with Crippen LogP contribution in [0.3, 0.4) is 0 Å². The second kappa shape index (κ2) is 4.94. The van der Waals surface area contributed by atoms with E-state index in [1.165, 1.54) is 19.3 Å². The van der Waals surface area contributed by atoms with Crippen molar-refractivity contribution in [3.05, 3.63) is 0 Å². The average molecular weight is 188 g/mol. The predicted octanol–water partition coefficient (Wildman–Crippen LogP) is 3.33. The summed E-state index contributed by atoms with van der Waals surface area (Å²) >= 11 is 0. The van der Waals surface area contributed by atoms with Gasteiger partial charge in [-0.05, 0) is 12.3 Å². The number of hydrogen-bond donors (Lipinski definition) is 0. The van der Waals surface area contributed by atoms with Gasteiger partial charge in [0.2, 0.25) is 0 Å². The van der Waals surface area contributed by atoms with Crippen LogP contribution >= 0.6 is 0 Å². The first-order chi connectivity index (χ1) is 6.20. The molecule has 1 unspecified atom stereocenters. The quantitative estimate of drug-likeness (QED) is 0.621. The van der Waals surface area contributed by atoms with E-state index in [2.05, 4.69) is 13.8 Å². The Balaban J connectivity index is 2.22. The molecular weight excluding hydrogens is 167 g/mol. The fourth-order valence-corrected chi connectivity index (χ4v) is 1.90. The van der Waals surface area contributed by atoms with Crippen LogP contribution in [0.4, 0.5) is 4.39 Å². The maximum absolute atomic E-state index is 13.6. The van der Waals surface area contributed by atoms with Gasteiger partial charge in [0, 0.05) is 0 Å². The minimum atomic E-state index is -0.978. The maximum atomic E-state index is 13.6. The van der Waals surface area contributed by atoms with E-state index in [0.29, 0.717) is 25.6 Å². The summed E-state index contributed by atoms with van der Waals surface area (Å²) in [4.78, 5) is 0. The lowest BCUT2D eigenvalue weighted by Crippen LogP contribution is -2.46. The number of unbranched alkanes of at least 4 members (excludes halogenated alkanes) is 1. The lowest BCUT2D eigenvalue weighted by Gasteiger charge is -2.36. The van der Waals surface area contributed by atoms with Gasteiger partial charge in [0.05, 0.1) is 13.2 Å². The monoisotopic (exact) mass is 188 g/mol. The van der Waals surface area contributed by atoms with Crippen LogP contribution in [0.5, 0.6) is 0 Å². The molecule has 0 radical (unpaired) electrons. The zero-order valence-electron chi connectivity index (χ0n) is 8.81. The fourth-order valence-electron chi connectivity index (χ4n) is 1.90. The van der Waals surface area contributed by atoms with E-state index in [1.807, 2.05) is 0 Å². The van der Waals surface area contributed by atoms with E-state index in [0.717, 1.165) is 6.42 Å². The van der Waals surface area contributed by atoms with Crippen molar-refractivity contribution in [3.8, 4) is 0 Å². The smallest absolute Gasteiger partial charge is 0.157 e. The highest BCUT2D eigenvalue weighted by molar-refractivity contribution is 4.87. The molecule has 0 bridgehead atoms. The van der Waals surface area contributed by atoms with Crippen molar-refractivity contribution >= 4 is 0 Å². The first-order valence-electron chi connectivity index (χ1n) is 5.47. The molecule has 1 rings (SSSR count). The Labute approximate surface area is 80.7 Å². The van der Waals surface area contributed by atoms with E-state index < -0.39 is 5.67 Å². The SMILES string of the molecule is CCCCC(CC)CC1(F)COC1. The molecule has 1 saturated heterocycles. The third-order valence-corrected chi connectivity index (χ3v) is 2.92. The molecule has 0 aromatic carbocycles. The lowest BCUT2D eigenvalue weighted by atomic mass is 9.86. The highest BCUT2D eigenvalue weighted by atomic mass is 19.1. The number of hydrogen-bond acceptors (Lipinski definition) is 1. The Morgan fingerprint density at radius 3 is 2.46 bits per heavy atom. The highest BCUT2D eigenvalue weighted by Gasteiger charge is 2.39. The van der Waals surface area contributed by atoms with Crippen LogP contribution in [-0.4, -0.2) is 18.9 Å². The Morgan fingerprint density at radius 2 is 2.08 bits per heavy atom. The molecule has 0 saturated carbocycles. The molecule has 1 heterocycles. The van der Waals surface area contributed by atoms with Crippen molar-refractivity contribution in [1.29, 1.82) is 0 Å². The second-order valence-electron chi connectivity index (χ2n) is 4.26. The summed E-state index contributed by atoms with van der Waals surface area (Å²) in [7, 11) is 0. The molecule has 1 aliphatic heterocycles. The second-order valence-corrected chi connectivity index (χ2v) is 4.26. The topological polar surface area (TPSA) is 9.23 Å². The van der Waals surface area contributed by atoms with Crippen molar-refractivity contribution in [3.63, 3.8) is 0 Å². The summed E-state index contributed by atoms with van der Waals surface area (Å²) in [6.07, 6.45) is 5.44. The maximum Gasteiger partial charge on any atom is 0.157 e.